The number of rotatable bonds is 1. The normalized spacial score (nSPS) is 10.3. The van der Waals surface area contributed by atoms with E-state index < -0.39 is 5.91 Å². The van der Waals surface area contributed by atoms with E-state index in [1.54, 1.807) is 6.07 Å². The number of hydrogen-bond donors (Lipinski definition) is 2. The van der Waals surface area contributed by atoms with Crippen molar-refractivity contribution < 1.29 is 4.79 Å². The molecule has 0 aromatic carbocycles. The summed E-state index contributed by atoms with van der Waals surface area (Å²) in [6.45, 7) is 0. The SMILES string of the molecule is NC(=O)c1ccc2ncnc(N)c2n1. The number of carbonyl (C=O) groups is 1. The van der Waals surface area contributed by atoms with Crippen LogP contribution in [0.5, 0.6) is 0 Å². The van der Waals surface area contributed by atoms with E-state index in [-0.39, 0.29) is 11.5 Å². The zero-order valence-corrected chi connectivity index (χ0v) is 7.14. The Labute approximate surface area is 79.0 Å². The van der Waals surface area contributed by atoms with Crippen LogP contribution in [0.4, 0.5) is 5.82 Å². The Morgan fingerprint density at radius 1 is 1.29 bits per heavy atom. The Kier molecular flexibility index (Phi) is 1.74. The van der Waals surface area contributed by atoms with Crippen LogP contribution in [0.25, 0.3) is 11.0 Å². The second-order valence-electron chi connectivity index (χ2n) is 2.69. The number of carbonyl (C=O) groups excluding carboxylic acids is 1. The molecule has 6 heteroatoms. The molecule has 2 rings (SSSR count). The number of primary amides is 1. The van der Waals surface area contributed by atoms with Gasteiger partial charge in [-0.05, 0) is 12.1 Å². The van der Waals surface area contributed by atoms with Crippen LogP contribution in [0.2, 0.25) is 0 Å². The van der Waals surface area contributed by atoms with E-state index in [1.807, 2.05) is 0 Å². The summed E-state index contributed by atoms with van der Waals surface area (Å²) in [6.07, 6.45) is 1.34. The van der Waals surface area contributed by atoms with Crippen molar-refractivity contribution in [2.24, 2.45) is 5.73 Å². The second kappa shape index (κ2) is 2.91. The van der Waals surface area contributed by atoms with Gasteiger partial charge < -0.3 is 11.5 Å². The van der Waals surface area contributed by atoms with E-state index >= 15 is 0 Å². The van der Waals surface area contributed by atoms with Gasteiger partial charge in [0, 0.05) is 0 Å². The van der Waals surface area contributed by atoms with Gasteiger partial charge in [0.2, 0.25) is 0 Å². The number of anilines is 1. The fourth-order valence-corrected chi connectivity index (χ4v) is 1.10. The van der Waals surface area contributed by atoms with Gasteiger partial charge in [-0.15, -0.1) is 0 Å². The number of hydrogen-bond acceptors (Lipinski definition) is 5. The minimum Gasteiger partial charge on any atom is -0.382 e. The molecular weight excluding hydrogens is 182 g/mol. The second-order valence-corrected chi connectivity index (χ2v) is 2.69. The highest BCUT2D eigenvalue weighted by molar-refractivity contribution is 5.94. The molecular formula is C8H7N5O. The Hall–Kier alpha value is -2.24. The molecule has 0 saturated carbocycles. The predicted molar refractivity (Wildman–Crippen MR) is 50.3 cm³/mol. The van der Waals surface area contributed by atoms with Gasteiger partial charge in [0.15, 0.2) is 5.82 Å². The highest BCUT2D eigenvalue weighted by Gasteiger charge is 2.06. The van der Waals surface area contributed by atoms with E-state index in [0.717, 1.165) is 0 Å². The number of nitrogens with two attached hydrogens (primary N) is 2. The van der Waals surface area contributed by atoms with Crippen LogP contribution < -0.4 is 11.5 Å². The Morgan fingerprint density at radius 3 is 2.79 bits per heavy atom. The fourth-order valence-electron chi connectivity index (χ4n) is 1.10. The molecule has 0 saturated heterocycles. The van der Waals surface area contributed by atoms with Crippen LogP contribution in [0.1, 0.15) is 10.5 Å². The van der Waals surface area contributed by atoms with Gasteiger partial charge in [-0.2, -0.15) is 0 Å². The van der Waals surface area contributed by atoms with Gasteiger partial charge in [0.1, 0.15) is 17.5 Å². The number of nitrogen functional groups attached to an aromatic ring is 1. The molecule has 0 aliphatic carbocycles. The largest absolute Gasteiger partial charge is 0.382 e. The lowest BCUT2D eigenvalue weighted by Gasteiger charge is -2.00. The van der Waals surface area contributed by atoms with E-state index in [4.69, 9.17) is 11.5 Å². The quantitative estimate of drug-likeness (QED) is 0.640. The molecule has 2 aromatic heterocycles. The van der Waals surface area contributed by atoms with Crippen molar-refractivity contribution >= 4 is 22.8 Å². The van der Waals surface area contributed by atoms with Crippen LogP contribution in [0, 0.1) is 0 Å². The predicted octanol–water partition coefficient (Wildman–Crippen LogP) is -0.294. The molecule has 0 fully saturated rings. The van der Waals surface area contributed by atoms with Crippen LogP contribution in [0.3, 0.4) is 0 Å². The first-order valence-corrected chi connectivity index (χ1v) is 3.85. The maximum absolute atomic E-state index is 10.8. The monoisotopic (exact) mass is 189 g/mol. The molecule has 0 aliphatic rings. The number of fused-ring (bicyclic) bond motifs is 1. The van der Waals surface area contributed by atoms with E-state index in [9.17, 15) is 4.79 Å². The minimum absolute atomic E-state index is 0.152. The average Bonchev–Trinajstić information content (AvgIpc) is 2.18. The lowest BCUT2D eigenvalue weighted by atomic mass is 10.3. The standard InChI is InChI=1S/C8H7N5O/c9-7-6-4(11-3-12-7)1-2-5(13-6)8(10)14/h1-3H,(H2,10,14)(H2,9,11,12). The summed E-state index contributed by atoms with van der Waals surface area (Å²) in [7, 11) is 0. The average molecular weight is 189 g/mol. The van der Waals surface area contributed by atoms with Crippen molar-refractivity contribution in [3.05, 3.63) is 24.2 Å². The van der Waals surface area contributed by atoms with Crippen LogP contribution in [-0.4, -0.2) is 20.9 Å². The van der Waals surface area contributed by atoms with E-state index in [1.165, 1.54) is 12.4 Å². The number of aromatic nitrogens is 3. The van der Waals surface area contributed by atoms with Crippen molar-refractivity contribution in [1.82, 2.24) is 15.0 Å². The summed E-state index contributed by atoms with van der Waals surface area (Å²) in [5.41, 5.74) is 11.8. The maximum atomic E-state index is 10.8. The van der Waals surface area contributed by atoms with Gasteiger partial charge in [-0.3, -0.25) is 4.79 Å². The van der Waals surface area contributed by atoms with Crippen molar-refractivity contribution in [3.8, 4) is 0 Å². The van der Waals surface area contributed by atoms with Crippen LogP contribution >= 0.6 is 0 Å². The number of amides is 1. The van der Waals surface area contributed by atoms with Crippen molar-refractivity contribution in [2.75, 3.05) is 5.73 Å². The van der Waals surface area contributed by atoms with Gasteiger partial charge in [0.05, 0.1) is 5.52 Å². The zero-order valence-electron chi connectivity index (χ0n) is 7.14. The Bertz CT molecular complexity index is 510. The Morgan fingerprint density at radius 2 is 2.07 bits per heavy atom. The van der Waals surface area contributed by atoms with Crippen LogP contribution in [-0.2, 0) is 0 Å². The molecule has 0 spiro atoms. The highest BCUT2D eigenvalue weighted by atomic mass is 16.1. The third kappa shape index (κ3) is 1.22. The molecule has 0 bridgehead atoms. The summed E-state index contributed by atoms with van der Waals surface area (Å²) in [5, 5.41) is 0. The summed E-state index contributed by atoms with van der Waals surface area (Å²) < 4.78 is 0. The Balaban J connectivity index is 2.76. The summed E-state index contributed by atoms with van der Waals surface area (Å²) in [6, 6.07) is 3.12. The first-order valence-electron chi connectivity index (χ1n) is 3.85. The number of nitrogens with zero attached hydrogens (tertiary/aromatic N) is 3. The molecule has 70 valence electrons. The fraction of sp³-hybridized carbons (Fsp3) is 0. The first kappa shape index (κ1) is 8.36. The van der Waals surface area contributed by atoms with Crippen molar-refractivity contribution in [3.63, 3.8) is 0 Å². The smallest absolute Gasteiger partial charge is 0.267 e. The summed E-state index contributed by atoms with van der Waals surface area (Å²) >= 11 is 0. The minimum atomic E-state index is -0.602. The third-order valence-corrected chi connectivity index (χ3v) is 1.76. The van der Waals surface area contributed by atoms with Crippen LogP contribution in [0.15, 0.2) is 18.5 Å². The molecule has 14 heavy (non-hydrogen) atoms. The van der Waals surface area contributed by atoms with Gasteiger partial charge in [0.25, 0.3) is 5.91 Å². The topological polar surface area (TPSA) is 108 Å². The highest BCUT2D eigenvalue weighted by Crippen LogP contribution is 2.13. The first-order chi connectivity index (χ1) is 6.68. The van der Waals surface area contributed by atoms with Crippen molar-refractivity contribution in [1.29, 1.82) is 0 Å². The summed E-state index contributed by atoms with van der Waals surface area (Å²) in [5.74, 6) is -0.367. The molecule has 0 aliphatic heterocycles. The van der Waals surface area contributed by atoms with Gasteiger partial charge in [-0.1, -0.05) is 0 Å². The van der Waals surface area contributed by atoms with Gasteiger partial charge in [-0.25, -0.2) is 15.0 Å². The molecule has 0 radical (unpaired) electrons. The zero-order chi connectivity index (χ0) is 10.1. The maximum Gasteiger partial charge on any atom is 0.267 e. The van der Waals surface area contributed by atoms with Gasteiger partial charge >= 0.3 is 0 Å². The van der Waals surface area contributed by atoms with Crippen molar-refractivity contribution in [2.45, 2.75) is 0 Å². The molecule has 0 atom stereocenters. The third-order valence-electron chi connectivity index (χ3n) is 1.76. The molecule has 2 aromatic rings. The lowest BCUT2D eigenvalue weighted by Crippen LogP contribution is -2.13. The molecule has 0 unspecified atom stereocenters. The molecule has 4 N–H and O–H groups in total. The lowest BCUT2D eigenvalue weighted by molar-refractivity contribution is 0.0996. The molecule has 6 nitrogen and oxygen atoms in total. The molecule has 1 amide bonds. The van der Waals surface area contributed by atoms with E-state index in [0.29, 0.717) is 11.0 Å². The molecule has 2 heterocycles. The summed E-state index contributed by atoms with van der Waals surface area (Å²) in [4.78, 5) is 22.5. The van der Waals surface area contributed by atoms with E-state index in [2.05, 4.69) is 15.0 Å². The number of pyridine rings is 1.